The standard InChI is InChI=1S/C17H21N5O2/c1-11-9-13(3-6-18-11)17(23)22-14-5-8-24-10-15(14)21-16-4-7-19-12(2)20-16/h3-4,6-7,9,14-15H,5,8,10H2,1-2H3,(H,22,23)(H,19,20,21)/t14-,15+/m0/s1. The minimum absolute atomic E-state index is 0.0324. The molecule has 7 nitrogen and oxygen atoms in total. The SMILES string of the molecule is Cc1cc(C(=O)N[C@H]2CCOC[C@H]2Nc2ccnc(C)n2)ccn1. The molecule has 1 saturated heterocycles. The molecule has 3 heterocycles. The number of carbonyl (C=O) groups excluding carboxylic acids is 1. The lowest BCUT2D eigenvalue weighted by Gasteiger charge is -2.33. The summed E-state index contributed by atoms with van der Waals surface area (Å²) in [4.78, 5) is 25.0. The van der Waals surface area contributed by atoms with Crippen molar-refractivity contribution in [2.75, 3.05) is 18.5 Å². The third-order valence-corrected chi connectivity index (χ3v) is 3.94. The van der Waals surface area contributed by atoms with Gasteiger partial charge in [-0.3, -0.25) is 9.78 Å². The number of aromatic nitrogens is 3. The zero-order valence-electron chi connectivity index (χ0n) is 13.8. The van der Waals surface area contributed by atoms with Crippen LogP contribution in [-0.4, -0.2) is 46.2 Å². The van der Waals surface area contributed by atoms with Crippen LogP contribution < -0.4 is 10.6 Å². The van der Waals surface area contributed by atoms with Gasteiger partial charge in [0.25, 0.3) is 5.91 Å². The van der Waals surface area contributed by atoms with Crippen molar-refractivity contribution >= 4 is 11.7 Å². The minimum Gasteiger partial charge on any atom is -0.379 e. The Bertz CT molecular complexity index is 722. The molecule has 1 aliphatic rings. The molecule has 0 spiro atoms. The summed E-state index contributed by atoms with van der Waals surface area (Å²) >= 11 is 0. The van der Waals surface area contributed by atoms with E-state index in [9.17, 15) is 4.79 Å². The fourth-order valence-corrected chi connectivity index (χ4v) is 2.72. The first-order valence-corrected chi connectivity index (χ1v) is 7.99. The van der Waals surface area contributed by atoms with Gasteiger partial charge in [-0.1, -0.05) is 0 Å². The molecule has 2 N–H and O–H groups in total. The van der Waals surface area contributed by atoms with Crippen LogP contribution in [0, 0.1) is 13.8 Å². The molecule has 0 radical (unpaired) electrons. The number of aryl methyl sites for hydroxylation is 2. The minimum atomic E-state index is -0.0990. The van der Waals surface area contributed by atoms with E-state index in [1.54, 1.807) is 24.5 Å². The summed E-state index contributed by atoms with van der Waals surface area (Å²) in [5, 5.41) is 6.43. The molecule has 1 fully saturated rings. The summed E-state index contributed by atoms with van der Waals surface area (Å²) in [6.07, 6.45) is 4.10. The quantitative estimate of drug-likeness (QED) is 0.884. The summed E-state index contributed by atoms with van der Waals surface area (Å²) in [5.74, 6) is 1.33. The number of hydrogen-bond donors (Lipinski definition) is 2. The zero-order valence-corrected chi connectivity index (χ0v) is 13.8. The zero-order chi connectivity index (χ0) is 16.9. The monoisotopic (exact) mass is 327 g/mol. The second-order valence-electron chi connectivity index (χ2n) is 5.87. The van der Waals surface area contributed by atoms with Gasteiger partial charge in [0.15, 0.2) is 0 Å². The van der Waals surface area contributed by atoms with E-state index in [-0.39, 0.29) is 18.0 Å². The summed E-state index contributed by atoms with van der Waals surface area (Å²) in [7, 11) is 0. The predicted octanol–water partition coefficient (Wildman–Crippen LogP) is 1.49. The van der Waals surface area contributed by atoms with Crippen LogP contribution in [0.1, 0.15) is 28.3 Å². The number of nitrogens with zero attached hydrogens (tertiary/aromatic N) is 3. The van der Waals surface area contributed by atoms with E-state index in [1.807, 2.05) is 19.9 Å². The van der Waals surface area contributed by atoms with Gasteiger partial charge >= 0.3 is 0 Å². The Morgan fingerprint density at radius 1 is 1.21 bits per heavy atom. The van der Waals surface area contributed by atoms with Crippen molar-refractivity contribution in [3.05, 3.63) is 47.7 Å². The Kier molecular flexibility index (Phi) is 5.00. The molecule has 0 bridgehead atoms. The summed E-state index contributed by atoms with van der Waals surface area (Å²) in [6.45, 7) is 4.85. The molecular weight excluding hydrogens is 306 g/mol. The molecule has 126 valence electrons. The number of amides is 1. The van der Waals surface area contributed by atoms with Gasteiger partial charge in [-0.15, -0.1) is 0 Å². The summed E-state index contributed by atoms with van der Waals surface area (Å²) < 4.78 is 5.55. The molecule has 7 heteroatoms. The number of anilines is 1. The summed E-state index contributed by atoms with van der Waals surface area (Å²) in [6, 6.07) is 5.24. The predicted molar refractivity (Wildman–Crippen MR) is 89.8 cm³/mol. The Hall–Kier alpha value is -2.54. The first-order valence-electron chi connectivity index (χ1n) is 7.99. The molecule has 0 unspecified atom stereocenters. The van der Waals surface area contributed by atoms with Crippen molar-refractivity contribution in [1.29, 1.82) is 0 Å². The number of hydrogen-bond acceptors (Lipinski definition) is 6. The van der Waals surface area contributed by atoms with Gasteiger partial charge in [-0.25, -0.2) is 9.97 Å². The van der Waals surface area contributed by atoms with Crippen LogP contribution in [0.25, 0.3) is 0 Å². The maximum Gasteiger partial charge on any atom is 0.251 e. The van der Waals surface area contributed by atoms with Crippen molar-refractivity contribution in [2.45, 2.75) is 32.4 Å². The molecular formula is C17H21N5O2. The number of ether oxygens (including phenoxy) is 1. The van der Waals surface area contributed by atoms with Crippen LogP contribution in [0.3, 0.4) is 0 Å². The maximum absolute atomic E-state index is 12.5. The molecule has 0 aliphatic carbocycles. The van der Waals surface area contributed by atoms with E-state index in [1.165, 1.54) is 0 Å². The fraction of sp³-hybridized carbons (Fsp3) is 0.412. The smallest absolute Gasteiger partial charge is 0.251 e. The van der Waals surface area contributed by atoms with E-state index in [0.29, 0.717) is 24.6 Å². The second kappa shape index (κ2) is 7.35. The van der Waals surface area contributed by atoms with Crippen LogP contribution in [0.2, 0.25) is 0 Å². The average Bonchev–Trinajstić information content (AvgIpc) is 2.57. The van der Waals surface area contributed by atoms with Gasteiger partial charge in [-0.2, -0.15) is 0 Å². The fourth-order valence-electron chi connectivity index (χ4n) is 2.72. The number of carbonyl (C=O) groups is 1. The third kappa shape index (κ3) is 4.05. The highest BCUT2D eigenvalue weighted by atomic mass is 16.5. The normalized spacial score (nSPS) is 20.4. The lowest BCUT2D eigenvalue weighted by molar-refractivity contribution is 0.0620. The van der Waals surface area contributed by atoms with E-state index in [2.05, 4.69) is 25.6 Å². The van der Waals surface area contributed by atoms with Crippen molar-refractivity contribution in [3.8, 4) is 0 Å². The van der Waals surface area contributed by atoms with E-state index >= 15 is 0 Å². The Labute approximate surface area is 140 Å². The van der Waals surface area contributed by atoms with Gasteiger partial charge in [-0.05, 0) is 38.5 Å². The number of rotatable bonds is 4. The molecule has 2 aromatic heterocycles. The first kappa shape index (κ1) is 16.3. The van der Waals surface area contributed by atoms with Crippen LogP contribution in [0.15, 0.2) is 30.6 Å². The highest BCUT2D eigenvalue weighted by Gasteiger charge is 2.27. The molecule has 0 aromatic carbocycles. The number of pyridine rings is 1. The van der Waals surface area contributed by atoms with Crippen LogP contribution >= 0.6 is 0 Å². The highest BCUT2D eigenvalue weighted by molar-refractivity contribution is 5.94. The van der Waals surface area contributed by atoms with Gasteiger partial charge in [0, 0.05) is 30.3 Å². The molecule has 24 heavy (non-hydrogen) atoms. The first-order chi connectivity index (χ1) is 11.6. The lowest BCUT2D eigenvalue weighted by Crippen LogP contribution is -2.52. The Morgan fingerprint density at radius 2 is 2.04 bits per heavy atom. The molecule has 3 rings (SSSR count). The van der Waals surface area contributed by atoms with E-state index in [0.717, 1.165) is 17.9 Å². The average molecular weight is 327 g/mol. The van der Waals surface area contributed by atoms with Gasteiger partial charge in [0.2, 0.25) is 0 Å². The Balaban J connectivity index is 1.69. The highest BCUT2D eigenvalue weighted by Crippen LogP contribution is 2.14. The molecule has 0 saturated carbocycles. The number of nitrogens with one attached hydrogen (secondary N) is 2. The third-order valence-electron chi connectivity index (χ3n) is 3.94. The maximum atomic E-state index is 12.5. The van der Waals surface area contributed by atoms with Gasteiger partial charge in [0.1, 0.15) is 11.6 Å². The van der Waals surface area contributed by atoms with Crippen molar-refractivity contribution in [1.82, 2.24) is 20.3 Å². The van der Waals surface area contributed by atoms with E-state index < -0.39 is 0 Å². The topological polar surface area (TPSA) is 89.0 Å². The van der Waals surface area contributed by atoms with Crippen LogP contribution in [0.5, 0.6) is 0 Å². The lowest BCUT2D eigenvalue weighted by atomic mass is 10.0. The van der Waals surface area contributed by atoms with Crippen LogP contribution in [-0.2, 0) is 4.74 Å². The van der Waals surface area contributed by atoms with Crippen molar-refractivity contribution in [2.24, 2.45) is 0 Å². The van der Waals surface area contributed by atoms with E-state index in [4.69, 9.17) is 4.74 Å². The van der Waals surface area contributed by atoms with Gasteiger partial charge < -0.3 is 15.4 Å². The second-order valence-corrected chi connectivity index (χ2v) is 5.87. The largest absolute Gasteiger partial charge is 0.379 e. The molecule has 1 amide bonds. The summed E-state index contributed by atoms with van der Waals surface area (Å²) in [5.41, 5.74) is 1.44. The molecule has 2 aromatic rings. The van der Waals surface area contributed by atoms with Crippen LogP contribution in [0.4, 0.5) is 5.82 Å². The van der Waals surface area contributed by atoms with Gasteiger partial charge in [0.05, 0.1) is 18.7 Å². The van der Waals surface area contributed by atoms with Crippen molar-refractivity contribution < 1.29 is 9.53 Å². The Morgan fingerprint density at radius 3 is 2.83 bits per heavy atom. The molecule has 1 aliphatic heterocycles. The van der Waals surface area contributed by atoms with Crippen molar-refractivity contribution in [3.63, 3.8) is 0 Å². The molecule has 2 atom stereocenters.